The van der Waals surface area contributed by atoms with E-state index in [2.05, 4.69) is 15.9 Å². The van der Waals surface area contributed by atoms with E-state index in [1.54, 1.807) is 0 Å². The van der Waals surface area contributed by atoms with E-state index in [-0.39, 0.29) is 12.0 Å². The lowest BCUT2D eigenvalue weighted by molar-refractivity contribution is 0.0949. The van der Waals surface area contributed by atoms with Crippen molar-refractivity contribution in [3.8, 4) is 0 Å². The van der Waals surface area contributed by atoms with Crippen LogP contribution in [0, 0.1) is 5.92 Å². The minimum atomic E-state index is -0.316. The molecule has 2 nitrogen and oxygen atoms in total. The van der Waals surface area contributed by atoms with Crippen LogP contribution in [0.3, 0.4) is 0 Å². The molecule has 1 aromatic rings. The van der Waals surface area contributed by atoms with Gasteiger partial charge in [0.05, 0.1) is 6.10 Å². The third kappa shape index (κ3) is 3.09. The van der Waals surface area contributed by atoms with E-state index in [0.717, 1.165) is 16.5 Å². The van der Waals surface area contributed by atoms with Gasteiger partial charge in [0.15, 0.2) is 0 Å². The molecule has 1 aliphatic rings. The molecule has 17 heavy (non-hydrogen) atoms. The summed E-state index contributed by atoms with van der Waals surface area (Å²) < 4.78 is 1.04. The van der Waals surface area contributed by atoms with Gasteiger partial charge in [0.2, 0.25) is 0 Å². The first-order valence-electron chi connectivity index (χ1n) is 6.35. The average molecular weight is 298 g/mol. The van der Waals surface area contributed by atoms with E-state index in [0.29, 0.717) is 12.5 Å². The molecule has 0 bridgehead atoms. The smallest absolute Gasteiger partial charge is 0.0623 e. The van der Waals surface area contributed by atoms with Gasteiger partial charge in [0.25, 0.3) is 0 Å². The van der Waals surface area contributed by atoms with Crippen molar-refractivity contribution in [2.45, 2.75) is 37.7 Å². The Hall–Kier alpha value is -0.380. The average Bonchev–Trinajstić information content (AvgIpc) is 2.27. The van der Waals surface area contributed by atoms with Gasteiger partial charge in [-0.25, -0.2) is 0 Å². The Balaban J connectivity index is 2.06. The Morgan fingerprint density at radius 2 is 2.06 bits per heavy atom. The summed E-state index contributed by atoms with van der Waals surface area (Å²) in [5.41, 5.74) is 6.96. The van der Waals surface area contributed by atoms with Crippen molar-refractivity contribution >= 4 is 15.9 Å². The highest BCUT2D eigenvalue weighted by molar-refractivity contribution is 9.10. The maximum Gasteiger partial charge on any atom is 0.0623 e. The van der Waals surface area contributed by atoms with Crippen LogP contribution >= 0.6 is 15.9 Å². The number of nitrogens with two attached hydrogens (primary N) is 1. The molecule has 2 unspecified atom stereocenters. The second kappa shape index (κ2) is 5.98. The van der Waals surface area contributed by atoms with Gasteiger partial charge in [-0.1, -0.05) is 53.4 Å². The van der Waals surface area contributed by atoms with Crippen LogP contribution in [0.15, 0.2) is 28.7 Å². The third-order valence-electron chi connectivity index (χ3n) is 3.82. The molecule has 94 valence electrons. The van der Waals surface area contributed by atoms with E-state index in [4.69, 9.17) is 5.73 Å². The standard InChI is InChI=1S/C14H20BrNO/c15-13-7-2-1-6-11(13)12(9-16)14(17)8-10-4-3-5-10/h1-2,6-7,10,12,14,17H,3-5,8-9,16H2. The number of halogens is 1. The lowest BCUT2D eigenvalue weighted by Gasteiger charge is -2.31. The van der Waals surface area contributed by atoms with E-state index in [1.165, 1.54) is 19.3 Å². The van der Waals surface area contributed by atoms with Crippen molar-refractivity contribution in [1.82, 2.24) is 0 Å². The SMILES string of the molecule is NCC(c1ccccc1Br)C(O)CC1CCC1. The zero-order valence-electron chi connectivity index (χ0n) is 9.98. The summed E-state index contributed by atoms with van der Waals surface area (Å²) in [7, 11) is 0. The van der Waals surface area contributed by atoms with Gasteiger partial charge in [-0.05, 0) is 24.0 Å². The van der Waals surface area contributed by atoms with Crippen molar-refractivity contribution in [1.29, 1.82) is 0 Å². The molecule has 1 aliphatic carbocycles. The van der Waals surface area contributed by atoms with Gasteiger partial charge in [0.1, 0.15) is 0 Å². The quantitative estimate of drug-likeness (QED) is 0.877. The molecule has 0 spiro atoms. The zero-order valence-corrected chi connectivity index (χ0v) is 11.6. The van der Waals surface area contributed by atoms with Crippen LogP contribution < -0.4 is 5.73 Å². The van der Waals surface area contributed by atoms with Crippen LogP contribution in [0.5, 0.6) is 0 Å². The molecule has 3 heteroatoms. The fraction of sp³-hybridized carbons (Fsp3) is 0.571. The summed E-state index contributed by atoms with van der Waals surface area (Å²) in [5, 5.41) is 10.3. The molecule has 2 rings (SSSR count). The Labute approximate surface area is 111 Å². The molecule has 3 N–H and O–H groups in total. The van der Waals surface area contributed by atoms with E-state index >= 15 is 0 Å². The van der Waals surface area contributed by atoms with Crippen LogP contribution in [-0.2, 0) is 0 Å². The summed E-state index contributed by atoms with van der Waals surface area (Å²) in [6.45, 7) is 0.497. The molecular formula is C14H20BrNO. The summed E-state index contributed by atoms with van der Waals surface area (Å²) in [5.74, 6) is 0.757. The highest BCUT2D eigenvalue weighted by Crippen LogP contribution is 2.35. The lowest BCUT2D eigenvalue weighted by Crippen LogP contribution is -2.29. The van der Waals surface area contributed by atoms with Gasteiger partial charge in [-0.2, -0.15) is 0 Å². The molecule has 0 aromatic heterocycles. The van der Waals surface area contributed by atoms with Gasteiger partial charge in [0, 0.05) is 16.9 Å². The summed E-state index contributed by atoms with van der Waals surface area (Å²) in [6.07, 6.45) is 4.43. The molecule has 1 saturated carbocycles. The summed E-state index contributed by atoms with van der Waals surface area (Å²) in [4.78, 5) is 0. The maximum atomic E-state index is 10.3. The van der Waals surface area contributed by atoms with Crippen molar-refractivity contribution < 1.29 is 5.11 Å². The van der Waals surface area contributed by atoms with Crippen molar-refractivity contribution in [3.63, 3.8) is 0 Å². The Morgan fingerprint density at radius 1 is 1.35 bits per heavy atom. The number of aliphatic hydroxyl groups excluding tert-OH is 1. The molecule has 0 heterocycles. The first-order chi connectivity index (χ1) is 8.22. The number of hydrogen-bond donors (Lipinski definition) is 2. The van der Waals surface area contributed by atoms with Crippen LogP contribution in [0.2, 0.25) is 0 Å². The molecule has 0 saturated heterocycles. The second-order valence-electron chi connectivity index (χ2n) is 4.96. The van der Waals surface area contributed by atoms with Gasteiger partial charge in [-0.3, -0.25) is 0 Å². The molecule has 0 amide bonds. The number of benzene rings is 1. The minimum Gasteiger partial charge on any atom is -0.392 e. The first-order valence-corrected chi connectivity index (χ1v) is 7.14. The Morgan fingerprint density at radius 3 is 2.59 bits per heavy atom. The summed E-state index contributed by atoms with van der Waals surface area (Å²) >= 11 is 3.54. The van der Waals surface area contributed by atoms with Gasteiger partial charge in [-0.15, -0.1) is 0 Å². The Kier molecular flexibility index (Phi) is 4.60. The number of aliphatic hydroxyl groups is 1. The fourth-order valence-corrected chi connectivity index (χ4v) is 3.08. The van der Waals surface area contributed by atoms with Crippen LogP contribution in [0.1, 0.15) is 37.2 Å². The normalized spacial score (nSPS) is 19.7. The topological polar surface area (TPSA) is 46.2 Å². The largest absolute Gasteiger partial charge is 0.392 e. The second-order valence-corrected chi connectivity index (χ2v) is 5.82. The van der Waals surface area contributed by atoms with Crippen LogP contribution in [0.4, 0.5) is 0 Å². The predicted octanol–water partition coefficient (Wildman–Crippen LogP) is 3.04. The molecule has 1 aromatic carbocycles. The molecule has 2 atom stereocenters. The molecule has 0 radical (unpaired) electrons. The number of rotatable bonds is 5. The third-order valence-corrected chi connectivity index (χ3v) is 4.54. The maximum absolute atomic E-state index is 10.3. The van der Waals surface area contributed by atoms with E-state index < -0.39 is 0 Å². The molecule has 0 aliphatic heterocycles. The van der Waals surface area contributed by atoms with Crippen molar-refractivity contribution in [2.24, 2.45) is 11.7 Å². The number of hydrogen-bond acceptors (Lipinski definition) is 2. The van der Waals surface area contributed by atoms with Crippen LogP contribution in [-0.4, -0.2) is 17.8 Å². The minimum absolute atomic E-state index is 0.0474. The highest BCUT2D eigenvalue weighted by Gasteiger charge is 2.27. The van der Waals surface area contributed by atoms with Crippen molar-refractivity contribution in [2.75, 3.05) is 6.54 Å². The van der Waals surface area contributed by atoms with E-state index in [9.17, 15) is 5.11 Å². The van der Waals surface area contributed by atoms with E-state index in [1.807, 2.05) is 24.3 Å². The summed E-state index contributed by atoms with van der Waals surface area (Å²) in [6, 6.07) is 8.04. The monoisotopic (exact) mass is 297 g/mol. The lowest BCUT2D eigenvalue weighted by atomic mass is 9.78. The Bertz CT molecular complexity index is 365. The molecular weight excluding hydrogens is 278 g/mol. The molecule has 1 fully saturated rings. The first kappa shape index (κ1) is 13.1. The zero-order chi connectivity index (χ0) is 12.3. The highest BCUT2D eigenvalue weighted by atomic mass is 79.9. The van der Waals surface area contributed by atoms with Gasteiger partial charge < -0.3 is 10.8 Å². The van der Waals surface area contributed by atoms with Gasteiger partial charge >= 0.3 is 0 Å². The van der Waals surface area contributed by atoms with Crippen LogP contribution in [0.25, 0.3) is 0 Å². The van der Waals surface area contributed by atoms with Crippen molar-refractivity contribution in [3.05, 3.63) is 34.3 Å². The fourth-order valence-electron chi connectivity index (χ4n) is 2.50. The predicted molar refractivity (Wildman–Crippen MR) is 73.9 cm³/mol.